The van der Waals surface area contributed by atoms with Gasteiger partial charge in [0.05, 0.1) is 0 Å². The van der Waals surface area contributed by atoms with Crippen LogP contribution in [0.2, 0.25) is 0 Å². The van der Waals surface area contributed by atoms with E-state index >= 15 is 0 Å². The van der Waals surface area contributed by atoms with Gasteiger partial charge in [-0.2, -0.15) is 0 Å². The van der Waals surface area contributed by atoms with Crippen LogP contribution in [-0.2, 0) is 28.6 Å². The molecule has 0 fully saturated rings. The Morgan fingerprint density at radius 2 is 0.732 bits per heavy atom. The lowest BCUT2D eigenvalue weighted by molar-refractivity contribution is -0.167. The molecule has 56 heavy (non-hydrogen) atoms. The van der Waals surface area contributed by atoms with E-state index in [1.165, 1.54) is 96.3 Å². The third-order valence-corrected chi connectivity index (χ3v) is 9.57. The quantitative estimate of drug-likeness (QED) is 0.0203. The van der Waals surface area contributed by atoms with Crippen molar-refractivity contribution in [3.05, 3.63) is 72.9 Å². The van der Waals surface area contributed by atoms with E-state index in [1.54, 1.807) is 0 Å². The normalized spacial score (nSPS) is 12.7. The molecule has 0 aromatic rings. The molecule has 1 atom stereocenters. The molecule has 0 spiro atoms. The monoisotopic (exact) mass is 781 g/mol. The van der Waals surface area contributed by atoms with E-state index in [9.17, 15) is 14.4 Å². The average Bonchev–Trinajstić information content (AvgIpc) is 3.19. The maximum absolute atomic E-state index is 12.7. The zero-order chi connectivity index (χ0) is 40.8. The van der Waals surface area contributed by atoms with Gasteiger partial charge in [-0.05, 0) is 57.8 Å². The summed E-state index contributed by atoms with van der Waals surface area (Å²) in [6, 6.07) is 0. The molecule has 0 amide bonds. The third kappa shape index (κ3) is 42.0. The molecule has 6 nitrogen and oxygen atoms in total. The molecule has 0 radical (unpaired) electrons. The molecule has 0 rings (SSSR count). The summed E-state index contributed by atoms with van der Waals surface area (Å²) in [5, 5.41) is 0. The van der Waals surface area contributed by atoms with Gasteiger partial charge < -0.3 is 14.2 Å². The van der Waals surface area contributed by atoms with Crippen LogP contribution in [0.4, 0.5) is 0 Å². The van der Waals surface area contributed by atoms with Gasteiger partial charge in [0.15, 0.2) is 6.10 Å². The summed E-state index contributed by atoms with van der Waals surface area (Å²) in [6.45, 7) is 6.38. The first kappa shape index (κ1) is 52.9. The van der Waals surface area contributed by atoms with E-state index in [0.29, 0.717) is 25.7 Å². The summed E-state index contributed by atoms with van der Waals surface area (Å²) in [6.07, 6.45) is 54.6. The Morgan fingerprint density at radius 3 is 1.23 bits per heavy atom. The second-order valence-electron chi connectivity index (χ2n) is 15.1. The Morgan fingerprint density at radius 1 is 0.375 bits per heavy atom. The van der Waals surface area contributed by atoms with Gasteiger partial charge in [-0.1, -0.05) is 203 Å². The molecule has 0 aliphatic heterocycles. The van der Waals surface area contributed by atoms with E-state index in [0.717, 1.165) is 64.2 Å². The van der Waals surface area contributed by atoms with Crippen LogP contribution < -0.4 is 0 Å². The summed E-state index contributed by atoms with van der Waals surface area (Å²) >= 11 is 0. The van der Waals surface area contributed by atoms with Crippen LogP contribution in [0.15, 0.2) is 72.9 Å². The van der Waals surface area contributed by atoms with Crippen LogP contribution in [0, 0.1) is 0 Å². The van der Waals surface area contributed by atoms with Crippen LogP contribution in [0.3, 0.4) is 0 Å². The fourth-order valence-electron chi connectivity index (χ4n) is 6.11. The molecule has 0 aromatic carbocycles. The summed E-state index contributed by atoms with van der Waals surface area (Å²) in [5.74, 6) is -0.981. The second-order valence-corrected chi connectivity index (χ2v) is 15.1. The Labute approximate surface area is 344 Å². The molecular formula is C50H84O6. The van der Waals surface area contributed by atoms with Crippen LogP contribution in [0.25, 0.3) is 0 Å². The SMILES string of the molecule is CC\C=C/C=C\C=C/C=C\C=C/CCCCCC(=O)OCC(COC(=O)CCC/C=C\CCCCCC)OC(=O)CCCCCCCCCCCCCCCC. The van der Waals surface area contributed by atoms with Crippen molar-refractivity contribution >= 4 is 17.9 Å². The number of carbonyl (C=O) groups is 3. The minimum Gasteiger partial charge on any atom is -0.462 e. The van der Waals surface area contributed by atoms with E-state index in [1.807, 2.05) is 48.6 Å². The average molecular weight is 781 g/mol. The van der Waals surface area contributed by atoms with Gasteiger partial charge in [-0.15, -0.1) is 0 Å². The van der Waals surface area contributed by atoms with Crippen molar-refractivity contribution in [2.24, 2.45) is 0 Å². The van der Waals surface area contributed by atoms with E-state index in [-0.39, 0.29) is 31.1 Å². The number of rotatable bonds is 40. The van der Waals surface area contributed by atoms with Gasteiger partial charge >= 0.3 is 17.9 Å². The summed E-state index contributed by atoms with van der Waals surface area (Å²) in [4.78, 5) is 37.7. The summed E-state index contributed by atoms with van der Waals surface area (Å²) in [7, 11) is 0. The molecule has 0 N–H and O–H groups in total. The topological polar surface area (TPSA) is 78.9 Å². The van der Waals surface area contributed by atoms with Crippen molar-refractivity contribution < 1.29 is 28.6 Å². The highest BCUT2D eigenvalue weighted by atomic mass is 16.6. The van der Waals surface area contributed by atoms with E-state index in [4.69, 9.17) is 14.2 Å². The first-order chi connectivity index (χ1) is 27.5. The fraction of sp³-hybridized carbons (Fsp3) is 0.700. The molecule has 1 unspecified atom stereocenters. The van der Waals surface area contributed by atoms with Crippen molar-refractivity contribution in [2.75, 3.05) is 13.2 Å². The van der Waals surface area contributed by atoms with Gasteiger partial charge in [0.2, 0.25) is 0 Å². The minimum absolute atomic E-state index is 0.104. The van der Waals surface area contributed by atoms with Crippen LogP contribution >= 0.6 is 0 Å². The highest BCUT2D eigenvalue weighted by molar-refractivity contribution is 5.71. The molecular weight excluding hydrogens is 697 g/mol. The number of hydrogen-bond donors (Lipinski definition) is 0. The highest BCUT2D eigenvalue weighted by Crippen LogP contribution is 2.14. The molecule has 0 bridgehead atoms. The molecule has 0 aromatic heterocycles. The fourth-order valence-corrected chi connectivity index (χ4v) is 6.11. The zero-order valence-electron chi connectivity index (χ0n) is 36.4. The van der Waals surface area contributed by atoms with Crippen LogP contribution in [0.5, 0.6) is 0 Å². The Balaban J connectivity index is 4.46. The minimum atomic E-state index is -0.799. The lowest BCUT2D eigenvalue weighted by atomic mass is 10.0. The molecule has 0 saturated carbocycles. The molecule has 0 aliphatic rings. The van der Waals surface area contributed by atoms with Gasteiger partial charge in [-0.25, -0.2) is 0 Å². The number of unbranched alkanes of at least 4 members (excludes halogenated alkanes) is 21. The van der Waals surface area contributed by atoms with Crippen molar-refractivity contribution in [3.8, 4) is 0 Å². The summed E-state index contributed by atoms with van der Waals surface area (Å²) in [5.41, 5.74) is 0. The number of ether oxygens (including phenoxy) is 3. The largest absolute Gasteiger partial charge is 0.462 e. The standard InChI is InChI=1S/C50H84O6/c1-4-7-10-13-16-19-21-23-25-27-28-31-34-37-40-43-49(52)55-46-47(45-54-48(51)42-39-36-33-30-18-15-12-9-6-3)56-50(53)44-41-38-35-32-29-26-24-22-20-17-14-11-8-5-2/h7,10,13,16,19,21,23,25,27-28,30,33,47H,4-6,8-9,11-12,14-15,17-18,20,22,24,26,29,31-32,34-46H2,1-3H3/b10-7-,16-13-,21-19-,25-23-,28-27-,33-30-. The van der Waals surface area contributed by atoms with Gasteiger partial charge in [-0.3, -0.25) is 14.4 Å². The Hall–Kier alpha value is -3.15. The first-order valence-electron chi connectivity index (χ1n) is 23.0. The molecule has 0 aliphatic carbocycles. The number of esters is 3. The van der Waals surface area contributed by atoms with Crippen molar-refractivity contribution in [3.63, 3.8) is 0 Å². The van der Waals surface area contributed by atoms with Crippen molar-refractivity contribution in [1.29, 1.82) is 0 Å². The van der Waals surface area contributed by atoms with Crippen molar-refractivity contribution in [2.45, 2.75) is 213 Å². The van der Waals surface area contributed by atoms with E-state index < -0.39 is 6.10 Å². The second kappa shape index (κ2) is 44.6. The first-order valence-corrected chi connectivity index (χ1v) is 23.0. The number of carbonyl (C=O) groups excluding carboxylic acids is 3. The molecule has 6 heteroatoms. The Bertz CT molecular complexity index is 1080. The van der Waals surface area contributed by atoms with Gasteiger partial charge in [0, 0.05) is 19.3 Å². The number of hydrogen-bond acceptors (Lipinski definition) is 6. The molecule has 0 heterocycles. The third-order valence-electron chi connectivity index (χ3n) is 9.57. The Kier molecular flexibility index (Phi) is 42.1. The number of allylic oxidation sites excluding steroid dienone is 12. The van der Waals surface area contributed by atoms with Gasteiger partial charge in [0.25, 0.3) is 0 Å². The smallest absolute Gasteiger partial charge is 0.306 e. The molecule has 320 valence electrons. The highest BCUT2D eigenvalue weighted by Gasteiger charge is 2.19. The predicted molar refractivity (Wildman–Crippen MR) is 238 cm³/mol. The van der Waals surface area contributed by atoms with Crippen LogP contribution in [0.1, 0.15) is 207 Å². The maximum Gasteiger partial charge on any atom is 0.306 e. The lowest BCUT2D eigenvalue weighted by Gasteiger charge is -2.18. The predicted octanol–water partition coefficient (Wildman–Crippen LogP) is 14.7. The zero-order valence-corrected chi connectivity index (χ0v) is 36.4. The van der Waals surface area contributed by atoms with E-state index in [2.05, 4.69) is 45.1 Å². The van der Waals surface area contributed by atoms with Gasteiger partial charge in [0.1, 0.15) is 13.2 Å². The van der Waals surface area contributed by atoms with Crippen LogP contribution in [-0.4, -0.2) is 37.2 Å². The lowest BCUT2D eigenvalue weighted by Crippen LogP contribution is -2.30. The molecule has 0 saturated heterocycles. The maximum atomic E-state index is 12.7. The van der Waals surface area contributed by atoms with Crippen molar-refractivity contribution in [1.82, 2.24) is 0 Å². The summed E-state index contributed by atoms with van der Waals surface area (Å²) < 4.78 is 16.6.